The van der Waals surface area contributed by atoms with Crippen molar-refractivity contribution in [3.63, 3.8) is 0 Å². The van der Waals surface area contributed by atoms with E-state index in [1.54, 1.807) is 6.07 Å². The molecular weight excluding hydrogens is 390 g/mol. The third-order valence-electron chi connectivity index (χ3n) is 6.61. The lowest BCUT2D eigenvalue weighted by atomic mass is 9.95. The number of aryl methyl sites for hydroxylation is 1. The maximum absolute atomic E-state index is 13.2. The van der Waals surface area contributed by atoms with Crippen molar-refractivity contribution in [2.45, 2.75) is 45.3 Å². The van der Waals surface area contributed by atoms with Crippen LogP contribution in [0.5, 0.6) is 0 Å². The van der Waals surface area contributed by atoms with Gasteiger partial charge in [0.05, 0.1) is 11.7 Å². The number of aromatic nitrogens is 1. The second-order valence-electron chi connectivity index (χ2n) is 8.93. The number of likely N-dealkylation sites (tertiary alicyclic amines) is 1. The molecule has 1 amide bonds. The Labute approximate surface area is 184 Å². The van der Waals surface area contributed by atoms with Crippen molar-refractivity contribution in [3.05, 3.63) is 69.6 Å². The van der Waals surface area contributed by atoms with Crippen molar-refractivity contribution < 1.29 is 9.53 Å². The van der Waals surface area contributed by atoms with Crippen LogP contribution in [0.1, 0.15) is 47.2 Å². The molecule has 2 aromatic rings. The Hall–Kier alpha value is -2.44. The van der Waals surface area contributed by atoms with Gasteiger partial charge in [-0.3, -0.25) is 14.5 Å². The van der Waals surface area contributed by atoms with E-state index in [1.807, 2.05) is 4.90 Å². The number of aromatic amines is 1. The first-order valence-electron chi connectivity index (χ1n) is 11.4. The van der Waals surface area contributed by atoms with Crippen LogP contribution in [0.15, 0.2) is 47.4 Å². The summed E-state index contributed by atoms with van der Waals surface area (Å²) in [6.07, 6.45) is 5.89. The van der Waals surface area contributed by atoms with Crippen LogP contribution in [0.3, 0.4) is 0 Å². The van der Waals surface area contributed by atoms with Gasteiger partial charge in [-0.25, -0.2) is 0 Å². The van der Waals surface area contributed by atoms with Crippen LogP contribution < -0.4 is 5.56 Å². The maximum Gasteiger partial charge on any atom is 0.255 e. The molecule has 2 fully saturated rings. The smallest absolute Gasteiger partial charge is 0.255 e. The standard InChI is InChI=1S/C25H33N3O3/c1-19-5-2-3-6-22(19)17-27-12-10-20(11-13-27)16-28(18-23-7-4-14-31-23)25(30)21-8-9-24(29)26-15-21/h2-3,5-6,8-9,15,20,23H,4,7,10-14,16-18H2,1H3,(H,26,29). The van der Waals surface area contributed by atoms with E-state index in [1.165, 1.54) is 23.4 Å². The Balaban J connectivity index is 1.36. The predicted octanol–water partition coefficient (Wildman–Crippen LogP) is 3.22. The van der Waals surface area contributed by atoms with Crippen LogP contribution in [-0.2, 0) is 11.3 Å². The average Bonchev–Trinajstić information content (AvgIpc) is 3.29. The molecule has 2 aliphatic heterocycles. The number of rotatable bonds is 7. The lowest BCUT2D eigenvalue weighted by Gasteiger charge is -2.35. The number of amides is 1. The highest BCUT2D eigenvalue weighted by Crippen LogP contribution is 2.23. The van der Waals surface area contributed by atoms with Gasteiger partial charge in [0.2, 0.25) is 5.56 Å². The van der Waals surface area contributed by atoms with Gasteiger partial charge in [0.1, 0.15) is 0 Å². The molecule has 0 aliphatic carbocycles. The summed E-state index contributed by atoms with van der Waals surface area (Å²) in [4.78, 5) is 31.7. The third-order valence-corrected chi connectivity index (χ3v) is 6.61. The zero-order chi connectivity index (χ0) is 21.6. The summed E-state index contributed by atoms with van der Waals surface area (Å²) >= 11 is 0. The third kappa shape index (κ3) is 5.83. The monoisotopic (exact) mass is 423 g/mol. The number of H-pyrrole nitrogens is 1. The van der Waals surface area contributed by atoms with Crippen LogP contribution >= 0.6 is 0 Å². The van der Waals surface area contributed by atoms with Crippen molar-refractivity contribution in [1.82, 2.24) is 14.8 Å². The van der Waals surface area contributed by atoms with Gasteiger partial charge in [-0.05, 0) is 68.8 Å². The average molecular weight is 424 g/mol. The zero-order valence-electron chi connectivity index (χ0n) is 18.4. The molecule has 1 atom stereocenters. The quantitative estimate of drug-likeness (QED) is 0.743. The SMILES string of the molecule is Cc1ccccc1CN1CCC(CN(CC2CCCO2)C(=O)c2ccc(=O)[nH]c2)CC1. The normalized spacial score (nSPS) is 20.1. The van der Waals surface area contributed by atoms with E-state index >= 15 is 0 Å². The number of nitrogens with one attached hydrogen (secondary N) is 1. The van der Waals surface area contributed by atoms with Crippen LogP contribution in [-0.4, -0.2) is 59.6 Å². The van der Waals surface area contributed by atoms with Crippen LogP contribution in [0, 0.1) is 12.8 Å². The molecule has 0 spiro atoms. The van der Waals surface area contributed by atoms with Gasteiger partial charge in [0, 0.05) is 38.5 Å². The number of ether oxygens (including phenoxy) is 1. The minimum Gasteiger partial charge on any atom is -0.376 e. The second-order valence-corrected chi connectivity index (χ2v) is 8.93. The molecule has 1 aromatic heterocycles. The first-order chi connectivity index (χ1) is 15.1. The highest BCUT2D eigenvalue weighted by Gasteiger charge is 2.28. The molecule has 0 bridgehead atoms. The molecule has 31 heavy (non-hydrogen) atoms. The fraction of sp³-hybridized carbons (Fsp3) is 0.520. The molecule has 0 saturated carbocycles. The minimum absolute atomic E-state index is 0.0194. The topological polar surface area (TPSA) is 65.6 Å². The van der Waals surface area contributed by atoms with E-state index in [0.717, 1.165) is 58.5 Å². The van der Waals surface area contributed by atoms with Gasteiger partial charge in [0.25, 0.3) is 5.91 Å². The summed E-state index contributed by atoms with van der Waals surface area (Å²) in [5, 5.41) is 0. The molecule has 2 aliphatic rings. The van der Waals surface area contributed by atoms with Crippen LogP contribution in [0.2, 0.25) is 0 Å². The number of piperidine rings is 1. The van der Waals surface area contributed by atoms with Gasteiger partial charge < -0.3 is 14.6 Å². The van der Waals surface area contributed by atoms with Crippen molar-refractivity contribution in [2.75, 3.05) is 32.8 Å². The molecule has 2 saturated heterocycles. The summed E-state index contributed by atoms with van der Waals surface area (Å²) in [5.74, 6) is 0.468. The molecule has 1 N–H and O–H groups in total. The number of pyridine rings is 1. The summed E-state index contributed by atoms with van der Waals surface area (Å²) in [6.45, 7) is 7.43. The lowest BCUT2D eigenvalue weighted by Crippen LogP contribution is -2.43. The van der Waals surface area contributed by atoms with E-state index in [-0.39, 0.29) is 17.6 Å². The summed E-state index contributed by atoms with van der Waals surface area (Å²) in [6, 6.07) is 11.6. The summed E-state index contributed by atoms with van der Waals surface area (Å²) in [7, 11) is 0. The van der Waals surface area contributed by atoms with Gasteiger partial charge in [-0.2, -0.15) is 0 Å². The molecular formula is C25H33N3O3. The Morgan fingerprint density at radius 1 is 1.13 bits per heavy atom. The molecule has 166 valence electrons. The second kappa shape index (κ2) is 10.2. The molecule has 0 radical (unpaired) electrons. The number of nitrogens with zero attached hydrogens (tertiary/aromatic N) is 2. The Morgan fingerprint density at radius 2 is 1.94 bits per heavy atom. The van der Waals surface area contributed by atoms with Crippen LogP contribution in [0.4, 0.5) is 0 Å². The van der Waals surface area contributed by atoms with E-state index in [2.05, 4.69) is 41.1 Å². The van der Waals surface area contributed by atoms with Crippen LogP contribution in [0.25, 0.3) is 0 Å². The summed E-state index contributed by atoms with van der Waals surface area (Å²) in [5.41, 5.74) is 3.09. The highest BCUT2D eigenvalue weighted by atomic mass is 16.5. The first kappa shape index (κ1) is 21.8. The largest absolute Gasteiger partial charge is 0.376 e. The molecule has 1 unspecified atom stereocenters. The number of benzene rings is 1. The van der Waals surface area contributed by atoms with E-state index in [9.17, 15) is 9.59 Å². The lowest BCUT2D eigenvalue weighted by molar-refractivity contribution is 0.0444. The fourth-order valence-corrected chi connectivity index (χ4v) is 4.67. The summed E-state index contributed by atoms with van der Waals surface area (Å²) < 4.78 is 5.81. The Kier molecular flexibility index (Phi) is 7.20. The molecule has 1 aromatic carbocycles. The molecule has 6 heteroatoms. The highest BCUT2D eigenvalue weighted by molar-refractivity contribution is 5.93. The van der Waals surface area contributed by atoms with Crippen molar-refractivity contribution in [3.8, 4) is 0 Å². The molecule has 6 nitrogen and oxygen atoms in total. The van der Waals surface area contributed by atoms with Crippen molar-refractivity contribution >= 4 is 5.91 Å². The van der Waals surface area contributed by atoms with Crippen molar-refractivity contribution in [2.24, 2.45) is 5.92 Å². The van der Waals surface area contributed by atoms with Crippen molar-refractivity contribution in [1.29, 1.82) is 0 Å². The molecule has 3 heterocycles. The first-order valence-corrected chi connectivity index (χ1v) is 11.4. The Bertz CT molecular complexity index is 907. The van der Waals surface area contributed by atoms with E-state index < -0.39 is 0 Å². The number of hydrogen-bond donors (Lipinski definition) is 1. The zero-order valence-corrected chi connectivity index (χ0v) is 18.4. The number of hydrogen-bond acceptors (Lipinski definition) is 4. The minimum atomic E-state index is -0.191. The number of carbonyl (C=O) groups excluding carboxylic acids is 1. The van der Waals surface area contributed by atoms with Gasteiger partial charge in [-0.15, -0.1) is 0 Å². The molecule has 4 rings (SSSR count). The number of carbonyl (C=O) groups is 1. The fourth-order valence-electron chi connectivity index (χ4n) is 4.67. The Morgan fingerprint density at radius 3 is 2.61 bits per heavy atom. The van der Waals surface area contributed by atoms with Gasteiger partial charge >= 0.3 is 0 Å². The van der Waals surface area contributed by atoms with Gasteiger partial charge in [0.15, 0.2) is 0 Å². The van der Waals surface area contributed by atoms with E-state index in [4.69, 9.17) is 4.74 Å². The predicted molar refractivity (Wildman–Crippen MR) is 121 cm³/mol. The van der Waals surface area contributed by atoms with E-state index in [0.29, 0.717) is 18.0 Å². The van der Waals surface area contributed by atoms with Gasteiger partial charge in [-0.1, -0.05) is 24.3 Å². The maximum atomic E-state index is 13.2.